The third kappa shape index (κ3) is 16.5. The highest BCUT2D eigenvalue weighted by Crippen LogP contribution is 2.28. The molecule has 6 N–H and O–H groups in total. The van der Waals surface area contributed by atoms with Crippen molar-refractivity contribution >= 4 is 24.2 Å². The summed E-state index contributed by atoms with van der Waals surface area (Å²) in [4.78, 5) is 30.5. The molecule has 0 spiro atoms. The van der Waals surface area contributed by atoms with Crippen LogP contribution in [0, 0.1) is 0 Å². The first-order chi connectivity index (χ1) is 19.0. The zero-order chi connectivity index (χ0) is 28.7. The maximum absolute atomic E-state index is 10.8. The molecule has 9 nitrogen and oxygen atoms in total. The first-order valence-electron chi connectivity index (χ1n) is 13.6. The lowest BCUT2D eigenvalue weighted by Gasteiger charge is -2.11. The number of anilines is 1. The van der Waals surface area contributed by atoms with Crippen LogP contribution in [0.5, 0.6) is 0 Å². The predicted molar refractivity (Wildman–Crippen MR) is 156 cm³/mol. The Balaban J connectivity index is 0.000000274. The maximum Gasteiger partial charge on any atom is 0.321 e. The number of aliphatic carboxylic acids is 1. The largest absolute Gasteiger partial charge is 0.480 e. The minimum absolute atomic E-state index is 0.167. The van der Waals surface area contributed by atoms with E-state index < -0.39 is 12.0 Å². The van der Waals surface area contributed by atoms with Gasteiger partial charge in [-0.1, -0.05) is 48.9 Å². The smallest absolute Gasteiger partial charge is 0.321 e. The van der Waals surface area contributed by atoms with Gasteiger partial charge in [0.2, 0.25) is 0 Å². The summed E-state index contributed by atoms with van der Waals surface area (Å²) >= 11 is 0. The van der Waals surface area contributed by atoms with Gasteiger partial charge in [0.25, 0.3) is 0 Å². The number of carbonyl (C=O) groups excluding carboxylic acids is 2. The zero-order valence-corrected chi connectivity index (χ0v) is 23.3. The molecule has 0 aliphatic carbocycles. The molecule has 216 valence electrons. The summed E-state index contributed by atoms with van der Waals surface area (Å²) in [6, 6.07) is 17.7. The standard InChI is InChI=1S/C11H16N2O2.C8H8O.C6H13NO.C5H9NO/c1-12-9-5-3-8(4-6-9)7-10(13-2)11(14)15;1-2-4-7(5-3-1)8-6-9-8;7-5-3-1-2-4-6-8;7-4-5-2-1-3-6-5/h3-6,10,12-13H,7H2,1-2H3,(H,14,15);1-5,8H,6H2;6H,1-5,7H2;4-6H,1-3H2. The molecule has 2 aromatic rings. The number of unbranched alkanes of at least 4 members (excludes halogenated alkanes) is 3. The van der Waals surface area contributed by atoms with Crippen LogP contribution < -0.4 is 21.7 Å². The molecular weight excluding hydrogens is 496 g/mol. The number of nitrogens with one attached hydrogen (secondary N) is 3. The van der Waals surface area contributed by atoms with Gasteiger partial charge in [-0.25, -0.2) is 0 Å². The Morgan fingerprint density at radius 1 is 1.10 bits per heavy atom. The molecule has 2 saturated heterocycles. The van der Waals surface area contributed by atoms with Gasteiger partial charge in [-0.15, -0.1) is 0 Å². The van der Waals surface area contributed by atoms with Crippen molar-refractivity contribution in [3.05, 3.63) is 65.7 Å². The van der Waals surface area contributed by atoms with Crippen LogP contribution in [0.4, 0.5) is 5.69 Å². The van der Waals surface area contributed by atoms with Crippen LogP contribution in [-0.4, -0.2) is 69.5 Å². The average molecular weight is 543 g/mol. The lowest BCUT2D eigenvalue weighted by Crippen LogP contribution is -2.35. The number of carboxylic acid groups (broad SMARTS) is 1. The summed E-state index contributed by atoms with van der Waals surface area (Å²) < 4.78 is 5.09. The summed E-state index contributed by atoms with van der Waals surface area (Å²) in [6.45, 7) is 2.67. The van der Waals surface area contributed by atoms with Crippen LogP contribution in [-0.2, 0) is 25.5 Å². The van der Waals surface area contributed by atoms with Crippen molar-refractivity contribution in [1.82, 2.24) is 10.6 Å². The molecule has 0 amide bonds. The number of carboxylic acids is 1. The molecule has 3 unspecified atom stereocenters. The SMILES string of the molecule is CNc1ccc(CC(NC)C(=O)O)cc1.NCCCCCC=O.O=CC1CCCN1.c1ccc(C2CO2)cc1. The number of aldehydes is 2. The molecule has 0 aromatic heterocycles. The second-order valence-corrected chi connectivity index (χ2v) is 9.21. The maximum atomic E-state index is 10.8. The van der Waals surface area contributed by atoms with Crippen molar-refractivity contribution in [2.24, 2.45) is 5.73 Å². The fraction of sp³-hybridized carbons (Fsp3) is 0.500. The van der Waals surface area contributed by atoms with Gasteiger partial charge in [-0.05, 0) is 75.5 Å². The van der Waals surface area contributed by atoms with E-state index in [1.807, 2.05) is 49.5 Å². The van der Waals surface area contributed by atoms with E-state index in [0.29, 0.717) is 18.9 Å². The van der Waals surface area contributed by atoms with Crippen LogP contribution in [0.3, 0.4) is 0 Å². The molecule has 2 fully saturated rings. The summed E-state index contributed by atoms with van der Waals surface area (Å²) in [7, 11) is 3.50. The van der Waals surface area contributed by atoms with Gasteiger partial charge < -0.3 is 41.1 Å². The van der Waals surface area contributed by atoms with Gasteiger partial charge in [0.1, 0.15) is 24.7 Å². The second-order valence-electron chi connectivity index (χ2n) is 9.21. The van der Waals surface area contributed by atoms with Crippen molar-refractivity contribution in [3.8, 4) is 0 Å². The Kier molecular flexibility index (Phi) is 18.9. The lowest BCUT2D eigenvalue weighted by atomic mass is 10.1. The van der Waals surface area contributed by atoms with E-state index in [9.17, 15) is 14.4 Å². The molecule has 0 saturated carbocycles. The Morgan fingerprint density at radius 3 is 2.23 bits per heavy atom. The third-order valence-electron chi connectivity index (χ3n) is 6.12. The van der Waals surface area contributed by atoms with Crippen molar-refractivity contribution in [2.45, 2.75) is 63.1 Å². The summed E-state index contributed by atoms with van der Waals surface area (Å²) in [6.07, 6.45) is 8.86. The van der Waals surface area contributed by atoms with Gasteiger partial charge in [-0.2, -0.15) is 0 Å². The van der Waals surface area contributed by atoms with Crippen LogP contribution in [0.25, 0.3) is 0 Å². The van der Waals surface area contributed by atoms with E-state index in [1.165, 1.54) is 5.56 Å². The van der Waals surface area contributed by atoms with Crippen LogP contribution >= 0.6 is 0 Å². The fourth-order valence-corrected chi connectivity index (χ4v) is 3.64. The van der Waals surface area contributed by atoms with Crippen LogP contribution in [0.1, 0.15) is 55.8 Å². The summed E-state index contributed by atoms with van der Waals surface area (Å²) in [5.74, 6) is -0.824. The van der Waals surface area contributed by atoms with Gasteiger partial charge in [0, 0.05) is 19.2 Å². The topological polar surface area (TPSA) is 146 Å². The number of ether oxygens (including phenoxy) is 1. The minimum Gasteiger partial charge on any atom is -0.480 e. The highest BCUT2D eigenvalue weighted by Gasteiger charge is 2.23. The van der Waals surface area contributed by atoms with Crippen molar-refractivity contribution in [3.63, 3.8) is 0 Å². The highest BCUT2D eigenvalue weighted by atomic mass is 16.6. The number of hydrogen-bond donors (Lipinski definition) is 5. The molecule has 0 radical (unpaired) electrons. The molecular formula is C30H46N4O5. The van der Waals surface area contributed by atoms with Crippen molar-refractivity contribution in [1.29, 1.82) is 0 Å². The van der Waals surface area contributed by atoms with E-state index in [4.69, 9.17) is 15.6 Å². The zero-order valence-electron chi connectivity index (χ0n) is 23.3. The first kappa shape index (κ1) is 33.9. The Hall–Kier alpha value is -3.11. The van der Waals surface area contributed by atoms with E-state index in [2.05, 4.69) is 28.1 Å². The van der Waals surface area contributed by atoms with E-state index in [1.54, 1.807) is 7.05 Å². The summed E-state index contributed by atoms with van der Waals surface area (Å²) in [5.41, 5.74) is 8.56. The van der Waals surface area contributed by atoms with E-state index in [-0.39, 0.29) is 6.04 Å². The fourth-order valence-electron chi connectivity index (χ4n) is 3.64. The molecule has 2 aromatic carbocycles. The number of carbonyl (C=O) groups is 3. The number of benzene rings is 2. The lowest BCUT2D eigenvalue weighted by molar-refractivity contribution is -0.139. The van der Waals surface area contributed by atoms with Crippen molar-refractivity contribution in [2.75, 3.05) is 39.1 Å². The summed E-state index contributed by atoms with van der Waals surface area (Å²) in [5, 5.41) is 17.7. The molecule has 9 heteroatoms. The Bertz CT molecular complexity index is 901. The third-order valence-corrected chi connectivity index (χ3v) is 6.12. The van der Waals surface area contributed by atoms with Gasteiger partial charge in [0.05, 0.1) is 12.6 Å². The number of rotatable bonds is 12. The van der Waals surface area contributed by atoms with Gasteiger partial charge in [0.15, 0.2) is 0 Å². The van der Waals surface area contributed by atoms with Crippen LogP contribution in [0.2, 0.25) is 0 Å². The molecule has 4 rings (SSSR count). The van der Waals surface area contributed by atoms with Crippen molar-refractivity contribution < 1.29 is 24.2 Å². The molecule has 0 bridgehead atoms. The average Bonchev–Trinajstić information content (AvgIpc) is 3.70. The monoisotopic (exact) mass is 542 g/mol. The Labute approximate surface area is 232 Å². The quantitative estimate of drug-likeness (QED) is 0.155. The minimum atomic E-state index is -0.824. The molecule has 3 atom stereocenters. The number of likely N-dealkylation sites (N-methyl/N-ethyl adjacent to an activating group) is 1. The molecule has 2 aliphatic heterocycles. The van der Waals surface area contributed by atoms with Gasteiger partial charge in [-0.3, -0.25) is 4.79 Å². The predicted octanol–water partition coefficient (Wildman–Crippen LogP) is 3.34. The molecule has 2 aliphatic rings. The van der Waals surface area contributed by atoms with E-state index in [0.717, 1.165) is 75.6 Å². The number of nitrogens with two attached hydrogens (primary N) is 1. The number of hydrogen-bond acceptors (Lipinski definition) is 8. The Morgan fingerprint density at radius 2 is 1.79 bits per heavy atom. The number of epoxide rings is 1. The molecule has 2 heterocycles. The molecule has 39 heavy (non-hydrogen) atoms. The second kappa shape index (κ2) is 21.8. The van der Waals surface area contributed by atoms with Gasteiger partial charge >= 0.3 is 5.97 Å². The van der Waals surface area contributed by atoms with Crippen LogP contribution in [0.15, 0.2) is 54.6 Å². The highest BCUT2D eigenvalue weighted by molar-refractivity contribution is 5.73. The first-order valence-corrected chi connectivity index (χ1v) is 13.6. The van der Waals surface area contributed by atoms with E-state index >= 15 is 0 Å². The normalized spacial score (nSPS) is 17.5.